The van der Waals surface area contributed by atoms with Gasteiger partial charge in [-0.3, -0.25) is 9.59 Å². The molecule has 0 bridgehead atoms. The lowest BCUT2D eigenvalue weighted by atomic mass is 9.97. The van der Waals surface area contributed by atoms with Crippen LogP contribution in [0, 0.1) is 5.92 Å². The van der Waals surface area contributed by atoms with Crippen molar-refractivity contribution >= 4 is 34.2 Å². The Hall–Kier alpha value is -2.89. The second-order valence-corrected chi connectivity index (χ2v) is 6.53. The topological polar surface area (TPSA) is 78.1 Å². The summed E-state index contributed by atoms with van der Waals surface area (Å²) in [5.41, 5.74) is 2.99. The zero-order valence-electron chi connectivity index (χ0n) is 13.9. The van der Waals surface area contributed by atoms with Crippen LogP contribution in [0.15, 0.2) is 37.1 Å². The minimum atomic E-state index is -0.0470. The summed E-state index contributed by atoms with van der Waals surface area (Å²) in [5.74, 6) is 0.711. The molecule has 0 aromatic carbocycles. The summed E-state index contributed by atoms with van der Waals surface area (Å²) in [6, 6.07) is 3.93. The highest BCUT2D eigenvalue weighted by Crippen LogP contribution is 2.33. The smallest absolute Gasteiger partial charge is 0.246 e. The molecule has 128 valence electrons. The molecule has 2 N–H and O–H groups in total. The molecule has 1 aliphatic carbocycles. The van der Waals surface area contributed by atoms with Gasteiger partial charge < -0.3 is 15.2 Å². The number of rotatable bonds is 4. The molecule has 4 rings (SSSR count). The Bertz CT molecular complexity index is 892. The van der Waals surface area contributed by atoms with Crippen molar-refractivity contribution in [1.82, 2.24) is 14.9 Å². The van der Waals surface area contributed by atoms with Crippen LogP contribution < -0.4 is 5.32 Å². The molecular weight excluding hydrogens is 316 g/mol. The van der Waals surface area contributed by atoms with Gasteiger partial charge in [-0.1, -0.05) is 12.7 Å². The van der Waals surface area contributed by atoms with Gasteiger partial charge in [-0.05, 0) is 48.6 Å². The van der Waals surface area contributed by atoms with Crippen molar-refractivity contribution in [2.24, 2.45) is 5.92 Å². The summed E-state index contributed by atoms with van der Waals surface area (Å²) in [6.45, 7) is 4.77. The number of fused-ring (bicyclic) bond motifs is 1. The molecule has 0 spiro atoms. The van der Waals surface area contributed by atoms with Crippen molar-refractivity contribution in [3.05, 3.63) is 42.6 Å². The van der Waals surface area contributed by atoms with Gasteiger partial charge in [0.15, 0.2) is 0 Å². The van der Waals surface area contributed by atoms with Gasteiger partial charge in [-0.25, -0.2) is 4.98 Å². The van der Waals surface area contributed by atoms with Crippen LogP contribution >= 0.6 is 0 Å². The highest BCUT2D eigenvalue weighted by Gasteiger charge is 2.30. The molecule has 1 aliphatic heterocycles. The number of aromatic amines is 1. The van der Waals surface area contributed by atoms with Crippen LogP contribution in [-0.2, 0) is 9.59 Å². The van der Waals surface area contributed by atoms with Crippen molar-refractivity contribution in [3.8, 4) is 0 Å². The van der Waals surface area contributed by atoms with Crippen LogP contribution in [-0.4, -0.2) is 39.8 Å². The number of amides is 2. The van der Waals surface area contributed by atoms with Crippen molar-refractivity contribution in [1.29, 1.82) is 0 Å². The van der Waals surface area contributed by atoms with Gasteiger partial charge in [0.05, 0.1) is 0 Å². The fraction of sp³-hybridized carbons (Fsp3) is 0.316. The Labute approximate surface area is 145 Å². The third kappa shape index (κ3) is 3.07. The monoisotopic (exact) mass is 336 g/mol. The van der Waals surface area contributed by atoms with E-state index < -0.39 is 0 Å². The van der Waals surface area contributed by atoms with E-state index in [-0.39, 0.29) is 17.7 Å². The van der Waals surface area contributed by atoms with E-state index in [1.165, 1.54) is 11.6 Å². The van der Waals surface area contributed by atoms with E-state index >= 15 is 0 Å². The molecule has 2 aliphatic rings. The Morgan fingerprint density at radius 1 is 1.40 bits per heavy atom. The zero-order chi connectivity index (χ0) is 17.4. The SMILES string of the molecule is C=CC(=O)N1CC=C(c2cc(NC(=O)C3CC3)nc3[nH]ccc23)CC1. The molecule has 0 atom stereocenters. The standard InChI is InChI=1S/C19H20N4O2/c1-2-17(24)23-9-6-12(7-10-23)15-11-16(22-19(25)13-3-4-13)21-18-14(15)5-8-20-18/h2,5-6,8,11,13H,1,3-4,7,9-10H2,(H2,20,21,22,25). The quantitative estimate of drug-likeness (QED) is 0.843. The van der Waals surface area contributed by atoms with Gasteiger partial charge >= 0.3 is 0 Å². The summed E-state index contributed by atoms with van der Waals surface area (Å²) in [6.07, 6.45) is 7.95. The Balaban J connectivity index is 1.65. The molecular formula is C19H20N4O2. The lowest BCUT2D eigenvalue weighted by molar-refractivity contribution is -0.125. The first kappa shape index (κ1) is 15.6. The number of nitrogens with one attached hydrogen (secondary N) is 2. The minimum Gasteiger partial charge on any atom is -0.346 e. The van der Waals surface area contributed by atoms with Gasteiger partial charge in [-0.15, -0.1) is 0 Å². The average molecular weight is 336 g/mol. The maximum absolute atomic E-state index is 12.1. The number of nitrogens with zero attached hydrogens (tertiary/aromatic N) is 2. The number of hydrogen-bond acceptors (Lipinski definition) is 3. The highest BCUT2D eigenvalue weighted by atomic mass is 16.2. The Morgan fingerprint density at radius 3 is 2.92 bits per heavy atom. The molecule has 0 radical (unpaired) electrons. The van der Waals surface area contributed by atoms with Gasteiger partial charge in [0.1, 0.15) is 11.5 Å². The van der Waals surface area contributed by atoms with E-state index in [4.69, 9.17) is 0 Å². The van der Waals surface area contributed by atoms with E-state index in [9.17, 15) is 9.59 Å². The van der Waals surface area contributed by atoms with Crippen molar-refractivity contribution < 1.29 is 9.59 Å². The van der Waals surface area contributed by atoms with Gasteiger partial charge in [0, 0.05) is 30.6 Å². The molecule has 2 aromatic rings. The fourth-order valence-corrected chi connectivity index (χ4v) is 3.18. The molecule has 1 fully saturated rings. The van der Waals surface area contributed by atoms with Gasteiger partial charge in [0.25, 0.3) is 0 Å². The van der Waals surface area contributed by atoms with E-state index in [1.54, 1.807) is 4.90 Å². The van der Waals surface area contributed by atoms with Crippen LogP contribution in [0.4, 0.5) is 5.82 Å². The maximum atomic E-state index is 12.1. The van der Waals surface area contributed by atoms with E-state index in [1.807, 2.05) is 18.3 Å². The predicted molar refractivity (Wildman–Crippen MR) is 96.8 cm³/mol. The van der Waals surface area contributed by atoms with E-state index in [0.717, 1.165) is 35.9 Å². The molecule has 3 heterocycles. The summed E-state index contributed by atoms with van der Waals surface area (Å²) in [4.78, 5) is 33.2. The van der Waals surface area contributed by atoms with Crippen molar-refractivity contribution in [3.63, 3.8) is 0 Å². The zero-order valence-corrected chi connectivity index (χ0v) is 13.9. The molecule has 2 amide bonds. The first-order chi connectivity index (χ1) is 12.2. The van der Waals surface area contributed by atoms with Crippen LogP contribution in [0.1, 0.15) is 24.8 Å². The highest BCUT2D eigenvalue weighted by molar-refractivity contribution is 5.97. The lowest BCUT2D eigenvalue weighted by Crippen LogP contribution is -2.33. The third-order valence-corrected chi connectivity index (χ3v) is 4.77. The molecule has 25 heavy (non-hydrogen) atoms. The van der Waals surface area contributed by atoms with Crippen molar-refractivity contribution in [2.75, 3.05) is 18.4 Å². The first-order valence-corrected chi connectivity index (χ1v) is 8.55. The fourth-order valence-electron chi connectivity index (χ4n) is 3.18. The Morgan fingerprint density at radius 2 is 2.24 bits per heavy atom. The molecule has 2 aromatic heterocycles. The second kappa shape index (κ2) is 6.20. The molecule has 0 unspecified atom stereocenters. The number of H-pyrrole nitrogens is 1. The summed E-state index contributed by atoms with van der Waals surface area (Å²) in [7, 11) is 0. The molecule has 0 saturated heterocycles. The lowest BCUT2D eigenvalue weighted by Gasteiger charge is -2.26. The summed E-state index contributed by atoms with van der Waals surface area (Å²) < 4.78 is 0. The van der Waals surface area contributed by atoms with Gasteiger partial charge in [0.2, 0.25) is 11.8 Å². The third-order valence-electron chi connectivity index (χ3n) is 4.77. The van der Waals surface area contributed by atoms with Crippen LogP contribution in [0.3, 0.4) is 0 Å². The largest absolute Gasteiger partial charge is 0.346 e. The summed E-state index contributed by atoms with van der Waals surface area (Å²) >= 11 is 0. The van der Waals surface area contributed by atoms with Crippen molar-refractivity contribution in [2.45, 2.75) is 19.3 Å². The Kier molecular flexibility index (Phi) is 3.87. The molecule has 6 nitrogen and oxygen atoms in total. The normalized spacial score (nSPS) is 17.3. The molecule has 6 heteroatoms. The van der Waals surface area contributed by atoms with Crippen LogP contribution in [0.2, 0.25) is 0 Å². The van der Waals surface area contributed by atoms with Gasteiger partial charge in [-0.2, -0.15) is 0 Å². The number of carbonyl (C=O) groups is 2. The maximum Gasteiger partial charge on any atom is 0.246 e. The first-order valence-electron chi connectivity index (χ1n) is 8.55. The van der Waals surface area contributed by atoms with E-state index in [0.29, 0.717) is 18.9 Å². The number of pyridine rings is 1. The minimum absolute atomic E-state index is 0.0461. The number of hydrogen-bond donors (Lipinski definition) is 2. The average Bonchev–Trinajstić information content (AvgIpc) is 3.39. The van der Waals surface area contributed by atoms with E-state index in [2.05, 4.69) is 27.9 Å². The number of anilines is 1. The molecule has 1 saturated carbocycles. The van der Waals surface area contributed by atoms with Crippen LogP contribution in [0.5, 0.6) is 0 Å². The number of aromatic nitrogens is 2. The summed E-state index contributed by atoms with van der Waals surface area (Å²) in [5, 5.41) is 3.95. The number of carbonyl (C=O) groups excluding carboxylic acids is 2. The predicted octanol–water partition coefficient (Wildman–Crippen LogP) is 2.71. The second-order valence-electron chi connectivity index (χ2n) is 6.53. The van der Waals surface area contributed by atoms with Crippen LogP contribution in [0.25, 0.3) is 16.6 Å².